The first-order valence-electron chi connectivity index (χ1n) is 10.6. The molecule has 0 atom stereocenters. The van der Waals surface area contributed by atoms with E-state index in [1.807, 2.05) is 24.5 Å². The molecule has 0 unspecified atom stereocenters. The number of halogens is 1. The number of hydrogen-bond donors (Lipinski definition) is 1. The quantitative estimate of drug-likeness (QED) is 0.343. The Kier molecular flexibility index (Phi) is 9.41. The SMILES string of the molecule is CN=C(NCC1CCN(Cc2cccs2)CC1)N1CCN(Cc2ccon2)CC1.I. The van der Waals surface area contributed by atoms with Gasteiger partial charge >= 0.3 is 0 Å². The molecule has 0 bridgehead atoms. The number of nitrogens with zero attached hydrogens (tertiary/aromatic N) is 5. The highest BCUT2D eigenvalue weighted by atomic mass is 127. The first-order valence-corrected chi connectivity index (χ1v) is 11.5. The van der Waals surface area contributed by atoms with Gasteiger partial charge in [0.15, 0.2) is 5.96 Å². The zero-order chi connectivity index (χ0) is 19.9. The summed E-state index contributed by atoms with van der Waals surface area (Å²) in [5.41, 5.74) is 1.01. The Labute approximate surface area is 200 Å². The van der Waals surface area contributed by atoms with E-state index in [0.29, 0.717) is 0 Å². The topological polar surface area (TPSA) is 60.1 Å². The van der Waals surface area contributed by atoms with Gasteiger partial charge in [-0.2, -0.15) is 0 Å². The summed E-state index contributed by atoms with van der Waals surface area (Å²) in [6.07, 6.45) is 4.17. The van der Waals surface area contributed by atoms with Gasteiger partial charge < -0.3 is 14.7 Å². The van der Waals surface area contributed by atoms with Crippen molar-refractivity contribution >= 4 is 41.3 Å². The number of piperazine rings is 1. The van der Waals surface area contributed by atoms with Gasteiger partial charge in [0.2, 0.25) is 0 Å². The fourth-order valence-corrected chi connectivity index (χ4v) is 4.95. The van der Waals surface area contributed by atoms with Crippen LogP contribution in [-0.2, 0) is 13.1 Å². The third kappa shape index (κ3) is 6.66. The minimum atomic E-state index is 0. The Morgan fingerprint density at radius 3 is 2.53 bits per heavy atom. The number of thiophene rings is 1. The third-order valence-corrected chi connectivity index (χ3v) is 6.84. The summed E-state index contributed by atoms with van der Waals surface area (Å²) in [5.74, 6) is 1.78. The van der Waals surface area contributed by atoms with Gasteiger partial charge in [0, 0.05) is 63.8 Å². The zero-order valence-electron chi connectivity index (χ0n) is 17.7. The molecule has 0 radical (unpaired) electrons. The average molecular weight is 545 g/mol. The number of aromatic nitrogens is 1. The van der Waals surface area contributed by atoms with Crippen molar-refractivity contribution in [1.29, 1.82) is 0 Å². The number of rotatable bonds is 6. The molecule has 2 aliphatic heterocycles. The molecule has 166 valence electrons. The van der Waals surface area contributed by atoms with Crippen LogP contribution in [0.1, 0.15) is 23.4 Å². The summed E-state index contributed by atoms with van der Waals surface area (Å²) >= 11 is 1.86. The van der Waals surface area contributed by atoms with E-state index in [9.17, 15) is 0 Å². The van der Waals surface area contributed by atoms with E-state index in [2.05, 4.69) is 47.7 Å². The van der Waals surface area contributed by atoms with Crippen molar-refractivity contribution < 1.29 is 4.52 Å². The van der Waals surface area contributed by atoms with Crippen molar-refractivity contribution in [2.75, 3.05) is 52.9 Å². The standard InChI is InChI=1S/C21H32N6OS.HI/c1-22-21(27-11-9-26(10-12-27)16-19-6-13-28-24-19)23-15-18-4-7-25(8-5-18)17-20-3-2-14-29-20;/h2-3,6,13-14,18H,4-5,7-12,15-17H2,1H3,(H,22,23);1H. The largest absolute Gasteiger partial charge is 0.364 e. The second kappa shape index (κ2) is 12.0. The van der Waals surface area contributed by atoms with Crippen LogP contribution in [0.15, 0.2) is 39.4 Å². The maximum Gasteiger partial charge on any atom is 0.193 e. The van der Waals surface area contributed by atoms with Gasteiger partial charge in [-0.15, -0.1) is 35.3 Å². The van der Waals surface area contributed by atoms with Gasteiger partial charge in [0.25, 0.3) is 0 Å². The number of nitrogens with one attached hydrogen (secondary N) is 1. The van der Waals surface area contributed by atoms with Crippen LogP contribution in [0.5, 0.6) is 0 Å². The molecule has 0 amide bonds. The van der Waals surface area contributed by atoms with Crippen LogP contribution in [0.4, 0.5) is 0 Å². The molecule has 30 heavy (non-hydrogen) atoms. The lowest BCUT2D eigenvalue weighted by molar-refractivity contribution is 0.165. The second-order valence-electron chi connectivity index (χ2n) is 7.98. The first kappa shape index (κ1) is 23.5. The molecule has 0 saturated carbocycles. The molecular weight excluding hydrogens is 511 g/mol. The molecule has 4 rings (SSSR count). The maximum absolute atomic E-state index is 4.94. The van der Waals surface area contributed by atoms with Gasteiger partial charge in [-0.3, -0.25) is 14.8 Å². The summed E-state index contributed by atoms with van der Waals surface area (Å²) in [5, 5.41) is 9.83. The number of hydrogen-bond acceptors (Lipinski definition) is 6. The minimum absolute atomic E-state index is 0. The van der Waals surface area contributed by atoms with Crippen LogP contribution < -0.4 is 5.32 Å². The van der Waals surface area contributed by atoms with Crippen molar-refractivity contribution in [2.24, 2.45) is 10.9 Å². The van der Waals surface area contributed by atoms with Crippen molar-refractivity contribution in [2.45, 2.75) is 25.9 Å². The molecule has 2 aromatic heterocycles. The van der Waals surface area contributed by atoms with Crippen LogP contribution in [0.25, 0.3) is 0 Å². The van der Waals surface area contributed by atoms with Crippen LogP contribution in [-0.4, -0.2) is 78.7 Å². The fraction of sp³-hybridized carbons (Fsp3) is 0.619. The second-order valence-corrected chi connectivity index (χ2v) is 9.01. The highest BCUT2D eigenvalue weighted by molar-refractivity contribution is 14.0. The summed E-state index contributed by atoms with van der Waals surface area (Å²) in [4.78, 5) is 13.4. The van der Waals surface area contributed by atoms with E-state index >= 15 is 0 Å². The Morgan fingerprint density at radius 1 is 1.13 bits per heavy atom. The molecule has 9 heteroatoms. The molecule has 2 fully saturated rings. The normalized spacial score (nSPS) is 19.6. The van der Waals surface area contributed by atoms with Crippen LogP contribution >= 0.6 is 35.3 Å². The Hall–Kier alpha value is -1.17. The monoisotopic (exact) mass is 544 g/mol. The van der Waals surface area contributed by atoms with Crippen LogP contribution in [0.2, 0.25) is 0 Å². The van der Waals surface area contributed by atoms with E-state index in [1.54, 1.807) is 6.26 Å². The van der Waals surface area contributed by atoms with Gasteiger partial charge in [-0.1, -0.05) is 11.2 Å². The lowest BCUT2D eigenvalue weighted by Gasteiger charge is -2.37. The molecule has 2 aromatic rings. The van der Waals surface area contributed by atoms with Crippen LogP contribution in [0, 0.1) is 5.92 Å². The smallest absolute Gasteiger partial charge is 0.193 e. The summed E-state index contributed by atoms with van der Waals surface area (Å²) in [6, 6.07) is 6.34. The summed E-state index contributed by atoms with van der Waals surface area (Å²) in [6.45, 7) is 9.43. The molecular formula is C21H33IN6OS. The van der Waals surface area contributed by atoms with Gasteiger partial charge in [0.1, 0.15) is 6.26 Å². The van der Waals surface area contributed by atoms with E-state index < -0.39 is 0 Å². The fourth-order valence-electron chi connectivity index (χ4n) is 4.21. The van der Waals surface area contributed by atoms with E-state index in [-0.39, 0.29) is 24.0 Å². The predicted octanol–water partition coefficient (Wildman–Crippen LogP) is 2.96. The van der Waals surface area contributed by atoms with Crippen molar-refractivity contribution in [3.05, 3.63) is 40.4 Å². The van der Waals surface area contributed by atoms with Crippen molar-refractivity contribution in [1.82, 2.24) is 25.2 Å². The molecule has 1 N–H and O–H groups in total. The first-order chi connectivity index (χ1) is 14.3. The molecule has 0 aromatic carbocycles. The van der Waals surface area contributed by atoms with Crippen LogP contribution in [0.3, 0.4) is 0 Å². The molecule has 4 heterocycles. The molecule has 7 nitrogen and oxygen atoms in total. The lowest BCUT2D eigenvalue weighted by atomic mass is 9.97. The predicted molar refractivity (Wildman–Crippen MR) is 132 cm³/mol. The average Bonchev–Trinajstić information content (AvgIpc) is 3.45. The van der Waals surface area contributed by atoms with E-state index in [1.165, 1.54) is 30.8 Å². The maximum atomic E-state index is 4.94. The third-order valence-electron chi connectivity index (χ3n) is 5.98. The number of aliphatic imine (C=N–C) groups is 1. The molecule has 0 spiro atoms. The minimum Gasteiger partial charge on any atom is -0.364 e. The van der Waals surface area contributed by atoms with Gasteiger partial charge in [-0.25, -0.2) is 0 Å². The summed E-state index contributed by atoms with van der Waals surface area (Å²) in [7, 11) is 1.90. The van der Waals surface area contributed by atoms with E-state index in [4.69, 9.17) is 4.52 Å². The Balaban J connectivity index is 0.00000256. The zero-order valence-corrected chi connectivity index (χ0v) is 20.8. The van der Waals surface area contributed by atoms with Crippen molar-refractivity contribution in [3.63, 3.8) is 0 Å². The van der Waals surface area contributed by atoms with Crippen molar-refractivity contribution in [3.8, 4) is 0 Å². The lowest BCUT2D eigenvalue weighted by Crippen LogP contribution is -2.53. The highest BCUT2D eigenvalue weighted by Gasteiger charge is 2.23. The number of guanidine groups is 1. The highest BCUT2D eigenvalue weighted by Crippen LogP contribution is 2.20. The van der Waals surface area contributed by atoms with E-state index in [0.717, 1.165) is 63.4 Å². The molecule has 0 aliphatic carbocycles. The molecule has 2 aliphatic rings. The Morgan fingerprint density at radius 2 is 1.90 bits per heavy atom. The molecule has 2 saturated heterocycles. The number of piperidine rings is 1. The summed E-state index contributed by atoms with van der Waals surface area (Å²) < 4.78 is 4.94. The van der Waals surface area contributed by atoms with Gasteiger partial charge in [0.05, 0.1) is 5.69 Å². The van der Waals surface area contributed by atoms with Gasteiger partial charge in [-0.05, 0) is 43.3 Å². The Bertz CT molecular complexity index is 738. The number of likely N-dealkylation sites (tertiary alicyclic amines) is 1.